The molecular weight excluding hydrogens is 318 g/mol. The van der Waals surface area contributed by atoms with Gasteiger partial charge in [0, 0.05) is 5.39 Å². The monoisotopic (exact) mass is 340 g/mol. The van der Waals surface area contributed by atoms with Crippen LogP contribution in [0, 0.1) is 0 Å². The van der Waals surface area contributed by atoms with Crippen molar-refractivity contribution in [2.45, 2.75) is 39.7 Å². The first-order valence-electron chi connectivity index (χ1n) is 8.72. The number of hydrogen-bond acceptors (Lipinski definition) is 1. The number of halogens is 2. The fourth-order valence-electron chi connectivity index (χ4n) is 3.19. The van der Waals surface area contributed by atoms with Crippen molar-refractivity contribution >= 4 is 10.8 Å². The van der Waals surface area contributed by atoms with Crippen molar-refractivity contribution in [3.05, 3.63) is 65.7 Å². The van der Waals surface area contributed by atoms with E-state index in [9.17, 15) is 8.78 Å². The third-order valence-electron chi connectivity index (χ3n) is 4.47. The number of benzene rings is 3. The Morgan fingerprint density at radius 3 is 2.24 bits per heavy atom. The van der Waals surface area contributed by atoms with Gasteiger partial charge in [-0.3, -0.25) is 0 Å². The Bertz CT molecular complexity index is 854. The van der Waals surface area contributed by atoms with Gasteiger partial charge in [-0.2, -0.15) is 8.78 Å². The largest absolute Gasteiger partial charge is 0.434 e. The molecule has 0 fully saturated rings. The molecule has 0 heterocycles. The van der Waals surface area contributed by atoms with E-state index in [-0.39, 0.29) is 0 Å². The molecule has 3 aromatic rings. The van der Waals surface area contributed by atoms with E-state index in [0.29, 0.717) is 12.2 Å². The zero-order valence-corrected chi connectivity index (χ0v) is 14.6. The molecule has 0 bridgehead atoms. The number of rotatable bonds is 6. The summed E-state index contributed by atoms with van der Waals surface area (Å²) in [4.78, 5) is 0. The van der Waals surface area contributed by atoms with Crippen molar-refractivity contribution in [3.63, 3.8) is 0 Å². The van der Waals surface area contributed by atoms with Crippen LogP contribution in [0.15, 0.2) is 54.6 Å². The average molecular weight is 340 g/mol. The second-order valence-electron chi connectivity index (χ2n) is 6.17. The number of ether oxygens (including phenoxy) is 1. The Labute approximate surface area is 147 Å². The highest BCUT2D eigenvalue weighted by Crippen LogP contribution is 2.34. The van der Waals surface area contributed by atoms with E-state index in [0.717, 1.165) is 40.3 Å². The van der Waals surface area contributed by atoms with Crippen molar-refractivity contribution in [3.8, 4) is 16.9 Å². The molecule has 0 saturated carbocycles. The third kappa shape index (κ3) is 3.81. The van der Waals surface area contributed by atoms with E-state index in [1.165, 1.54) is 5.56 Å². The Balaban J connectivity index is 2.02. The molecule has 0 saturated heterocycles. The maximum Gasteiger partial charge on any atom is 0.387 e. The highest BCUT2D eigenvalue weighted by Gasteiger charge is 2.13. The molecule has 0 aliphatic heterocycles. The molecule has 0 aliphatic rings. The molecule has 3 aromatic carbocycles. The van der Waals surface area contributed by atoms with Gasteiger partial charge < -0.3 is 4.74 Å². The Morgan fingerprint density at radius 1 is 0.880 bits per heavy atom. The number of alkyl halides is 2. The smallest absolute Gasteiger partial charge is 0.387 e. The summed E-state index contributed by atoms with van der Waals surface area (Å²) in [5.74, 6) is 0.292. The van der Waals surface area contributed by atoms with Crippen molar-refractivity contribution in [2.24, 2.45) is 0 Å². The molecule has 0 radical (unpaired) electrons. The lowest BCUT2D eigenvalue weighted by molar-refractivity contribution is -0.0493. The predicted octanol–water partition coefficient (Wildman–Crippen LogP) is 6.62. The average Bonchev–Trinajstić information content (AvgIpc) is 2.62. The lowest BCUT2D eigenvalue weighted by Crippen LogP contribution is -2.04. The number of fused-ring (bicyclic) bond motifs is 1. The molecule has 0 amide bonds. The quantitative estimate of drug-likeness (QED) is 0.490. The van der Waals surface area contributed by atoms with E-state index in [2.05, 4.69) is 31.2 Å². The zero-order chi connectivity index (χ0) is 17.8. The molecule has 0 atom stereocenters. The van der Waals surface area contributed by atoms with Gasteiger partial charge in [-0.05, 0) is 46.5 Å². The van der Waals surface area contributed by atoms with Gasteiger partial charge in [-0.15, -0.1) is 0 Å². The maximum absolute atomic E-state index is 12.8. The van der Waals surface area contributed by atoms with Crippen LogP contribution in [-0.2, 0) is 12.8 Å². The van der Waals surface area contributed by atoms with Crippen LogP contribution in [0.2, 0.25) is 0 Å². The van der Waals surface area contributed by atoms with E-state index >= 15 is 0 Å². The summed E-state index contributed by atoms with van der Waals surface area (Å²) in [7, 11) is 0. The lowest BCUT2D eigenvalue weighted by Gasteiger charge is -2.14. The van der Waals surface area contributed by atoms with Crippen molar-refractivity contribution in [1.29, 1.82) is 0 Å². The number of hydrogen-bond donors (Lipinski definition) is 0. The van der Waals surface area contributed by atoms with Gasteiger partial charge in [0.2, 0.25) is 0 Å². The first-order valence-corrected chi connectivity index (χ1v) is 8.72. The summed E-state index contributed by atoms with van der Waals surface area (Å²) in [6.45, 7) is 1.29. The Hall–Kier alpha value is -2.42. The van der Waals surface area contributed by atoms with Gasteiger partial charge in [-0.1, -0.05) is 68.8 Å². The van der Waals surface area contributed by atoms with E-state index in [1.54, 1.807) is 0 Å². The van der Waals surface area contributed by atoms with Crippen LogP contribution in [0.3, 0.4) is 0 Å². The maximum atomic E-state index is 12.8. The van der Waals surface area contributed by atoms with Crippen LogP contribution in [0.5, 0.6) is 5.75 Å². The molecule has 0 aromatic heterocycles. The van der Waals surface area contributed by atoms with Crippen LogP contribution in [0.25, 0.3) is 21.9 Å². The van der Waals surface area contributed by atoms with Crippen LogP contribution >= 0.6 is 0 Å². The van der Waals surface area contributed by atoms with Gasteiger partial charge >= 0.3 is 6.61 Å². The third-order valence-corrected chi connectivity index (χ3v) is 4.47. The van der Waals surface area contributed by atoms with Crippen molar-refractivity contribution in [2.75, 3.05) is 0 Å². The fourth-order valence-corrected chi connectivity index (χ4v) is 3.19. The first kappa shape index (κ1) is 17.4. The first-order chi connectivity index (χ1) is 12.1. The lowest BCUT2D eigenvalue weighted by atomic mass is 9.97. The summed E-state index contributed by atoms with van der Waals surface area (Å²) in [6, 6.07) is 18.2. The van der Waals surface area contributed by atoms with Crippen LogP contribution in [0.4, 0.5) is 8.78 Å². The molecule has 25 heavy (non-hydrogen) atoms. The Kier molecular flexibility index (Phi) is 5.32. The highest BCUT2D eigenvalue weighted by atomic mass is 19.3. The van der Waals surface area contributed by atoms with E-state index in [1.807, 2.05) is 37.3 Å². The summed E-state index contributed by atoms with van der Waals surface area (Å²) < 4.78 is 30.4. The van der Waals surface area contributed by atoms with Crippen LogP contribution < -0.4 is 4.74 Å². The molecule has 1 nitrogen and oxygen atoms in total. The summed E-state index contributed by atoms with van der Waals surface area (Å²) in [6.07, 6.45) is 2.85. The number of aryl methyl sites for hydroxylation is 2. The fraction of sp³-hybridized carbons (Fsp3) is 0.273. The van der Waals surface area contributed by atoms with Gasteiger partial charge in [0.05, 0.1) is 0 Å². The van der Waals surface area contributed by atoms with Crippen LogP contribution in [-0.4, -0.2) is 6.61 Å². The molecule has 0 spiro atoms. The minimum absolute atomic E-state index is 0.292. The van der Waals surface area contributed by atoms with E-state index in [4.69, 9.17) is 4.74 Å². The standard InChI is InChI=1S/C22H22F2O/c1-3-5-15-6-8-17(9-7-15)18-12-13-20-19(14-18)11-10-16(4-2)21(20)25-22(23)24/h6-14,22H,3-5H2,1-2H3. The second-order valence-corrected chi connectivity index (χ2v) is 6.17. The van der Waals surface area contributed by atoms with E-state index < -0.39 is 6.61 Å². The summed E-state index contributed by atoms with van der Waals surface area (Å²) >= 11 is 0. The topological polar surface area (TPSA) is 9.23 Å². The van der Waals surface area contributed by atoms with Crippen molar-refractivity contribution in [1.82, 2.24) is 0 Å². The van der Waals surface area contributed by atoms with Gasteiger partial charge in [0.25, 0.3) is 0 Å². The highest BCUT2D eigenvalue weighted by molar-refractivity contribution is 5.93. The Morgan fingerprint density at radius 2 is 1.60 bits per heavy atom. The second kappa shape index (κ2) is 7.64. The molecular formula is C22H22F2O. The summed E-state index contributed by atoms with van der Waals surface area (Å²) in [5.41, 5.74) is 4.32. The predicted molar refractivity (Wildman–Crippen MR) is 99.4 cm³/mol. The molecule has 0 aliphatic carbocycles. The normalized spacial score (nSPS) is 11.2. The van der Waals surface area contributed by atoms with Gasteiger partial charge in [-0.25, -0.2) is 0 Å². The minimum Gasteiger partial charge on any atom is -0.434 e. The minimum atomic E-state index is -2.82. The van der Waals surface area contributed by atoms with Gasteiger partial charge in [0.1, 0.15) is 5.75 Å². The molecule has 0 N–H and O–H groups in total. The molecule has 3 heteroatoms. The SMILES string of the molecule is CCCc1ccc(-c2ccc3c(OC(F)F)c(CC)ccc3c2)cc1. The van der Waals surface area contributed by atoms with Crippen LogP contribution in [0.1, 0.15) is 31.4 Å². The van der Waals surface area contributed by atoms with Crippen molar-refractivity contribution < 1.29 is 13.5 Å². The van der Waals surface area contributed by atoms with Gasteiger partial charge in [0.15, 0.2) is 0 Å². The summed E-state index contributed by atoms with van der Waals surface area (Å²) in [5, 5.41) is 1.63. The molecule has 3 rings (SSSR count). The zero-order valence-electron chi connectivity index (χ0n) is 14.6. The molecule has 0 unspecified atom stereocenters. The molecule has 130 valence electrons.